The van der Waals surface area contributed by atoms with Crippen LogP contribution in [0.2, 0.25) is 0 Å². The van der Waals surface area contributed by atoms with Crippen LogP contribution in [0.25, 0.3) is 0 Å². The smallest absolute Gasteiger partial charge is 0.317 e. The van der Waals surface area contributed by atoms with Gasteiger partial charge in [-0.1, -0.05) is 12.5 Å². The van der Waals surface area contributed by atoms with E-state index in [1.807, 2.05) is 32.9 Å². The van der Waals surface area contributed by atoms with Crippen LogP contribution in [0.1, 0.15) is 46.3 Å². The molecule has 0 saturated heterocycles. The molecule has 1 saturated carbocycles. The molecule has 0 amide bonds. The van der Waals surface area contributed by atoms with E-state index < -0.39 is 11.4 Å². The van der Waals surface area contributed by atoms with Crippen molar-refractivity contribution in [2.24, 2.45) is 5.41 Å². The van der Waals surface area contributed by atoms with Crippen LogP contribution in [-0.2, 0) is 4.79 Å². The molecule has 0 heterocycles. The molecule has 1 aliphatic carbocycles. The van der Waals surface area contributed by atoms with Gasteiger partial charge in [0, 0.05) is 5.56 Å². The fourth-order valence-corrected chi connectivity index (χ4v) is 2.53. The molecule has 18 heavy (non-hydrogen) atoms. The van der Waals surface area contributed by atoms with E-state index in [1.165, 1.54) is 0 Å². The maximum atomic E-state index is 12.5. The number of carbonyl (C=O) groups excluding carboxylic acids is 1. The van der Waals surface area contributed by atoms with Crippen LogP contribution in [0.3, 0.4) is 0 Å². The van der Waals surface area contributed by atoms with E-state index in [0.29, 0.717) is 18.4 Å². The molecular weight excluding hydrogens is 228 g/mol. The molecular formula is C15H18O3. The van der Waals surface area contributed by atoms with Crippen LogP contribution < -0.4 is 0 Å². The molecule has 0 atom stereocenters. The third kappa shape index (κ3) is 1.74. The van der Waals surface area contributed by atoms with Crippen molar-refractivity contribution in [2.75, 3.05) is 0 Å². The predicted molar refractivity (Wildman–Crippen MR) is 68.9 cm³/mol. The van der Waals surface area contributed by atoms with Crippen LogP contribution in [-0.4, -0.2) is 16.9 Å². The Kier molecular flexibility index (Phi) is 3.01. The van der Waals surface area contributed by atoms with Gasteiger partial charge >= 0.3 is 5.97 Å². The van der Waals surface area contributed by atoms with Gasteiger partial charge in [0.2, 0.25) is 0 Å². The number of carboxylic acid groups (broad SMARTS) is 1. The number of carbonyl (C=O) groups is 2. The maximum Gasteiger partial charge on any atom is 0.317 e. The molecule has 3 heteroatoms. The molecule has 1 aromatic carbocycles. The zero-order chi connectivity index (χ0) is 13.5. The fourth-order valence-electron chi connectivity index (χ4n) is 2.53. The van der Waals surface area contributed by atoms with E-state index in [9.17, 15) is 14.7 Å². The fraction of sp³-hybridized carbons (Fsp3) is 0.467. The predicted octanol–water partition coefficient (Wildman–Crippen LogP) is 3.05. The Labute approximate surface area is 107 Å². The van der Waals surface area contributed by atoms with Gasteiger partial charge in [-0.2, -0.15) is 0 Å². The first-order valence-electron chi connectivity index (χ1n) is 6.24. The molecule has 0 unspecified atom stereocenters. The summed E-state index contributed by atoms with van der Waals surface area (Å²) in [6, 6.07) is 3.78. The van der Waals surface area contributed by atoms with Crippen molar-refractivity contribution >= 4 is 11.8 Å². The lowest BCUT2D eigenvalue weighted by Crippen LogP contribution is -2.45. The number of aliphatic carboxylic acids is 1. The summed E-state index contributed by atoms with van der Waals surface area (Å²) >= 11 is 0. The zero-order valence-corrected chi connectivity index (χ0v) is 11.0. The molecule has 0 aromatic heterocycles. The van der Waals surface area contributed by atoms with Gasteiger partial charge in [-0.25, -0.2) is 0 Å². The molecule has 1 N–H and O–H groups in total. The third-order valence-electron chi connectivity index (χ3n) is 4.14. The van der Waals surface area contributed by atoms with Crippen molar-refractivity contribution < 1.29 is 14.7 Å². The number of aryl methyl sites for hydroxylation is 3. The minimum Gasteiger partial charge on any atom is -0.480 e. The monoisotopic (exact) mass is 246 g/mol. The molecule has 2 rings (SSSR count). The summed E-state index contributed by atoms with van der Waals surface area (Å²) < 4.78 is 0. The first kappa shape index (κ1) is 12.8. The molecule has 96 valence electrons. The van der Waals surface area contributed by atoms with Crippen molar-refractivity contribution in [1.82, 2.24) is 0 Å². The minimum atomic E-state index is -1.16. The average molecular weight is 246 g/mol. The Morgan fingerprint density at radius 1 is 1.06 bits per heavy atom. The quantitative estimate of drug-likeness (QED) is 0.658. The first-order valence-corrected chi connectivity index (χ1v) is 6.24. The second-order valence-electron chi connectivity index (χ2n) is 5.32. The third-order valence-corrected chi connectivity index (χ3v) is 4.14. The normalized spacial score (nSPS) is 17.1. The highest BCUT2D eigenvalue weighted by Gasteiger charge is 2.51. The first-order chi connectivity index (χ1) is 8.38. The summed E-state index contributed by atoms with van der Waals surface area (Å²) in [5, 5.41) is 9.31. The van der Waals surface area contributed by atoms with Crippen LogP contribution in [0, 0.1) is 26.2 Å². The van der Waals surface area contributed by atoms with Gasteiger partial charge in [-0.05, 0) is 56.4 Å². The summed E-state index contributed by atoms with van der Waals surface area (Å²) in [5.41, 5.74) is 2.44. The van der Waals surface area contributed by atoms with Crippen molar-refractivity contribution in [3.63, 3.8) is 0 Å². The molecule has 0 spiro atoms. The minimum absolute atomic E-state index is 0.221. The highest BCUT2D eigenvalue weighted by molar-refractivity contribution is 6.13. The molecule has 0 radical (unpaired) electrons. The Bertz CT molecular complexity index is 525. The number of hydrogen-bond donors (Lipinski definition) is 1. The molecule has 3 nitrogen and oxygen atoms in total. The second-order valence-corrected chi connectivity index (χ2v) is 5.32. The molecule has 1 aromatic rings. The SMILES string of the molecule is Cc1cc(C)c(C(=O)C2(C(=O)O)CCC2)cc1C. The molecule has 1 fully saturated rings. The van der Waals surface area contributed by atoms with Gasteiger partial charge in [0.25, 0.3) is 0 Å². The lowest BCUT2D eigenvalue weighted by molar-refractivity contribution is -0.150. The van der Waals surface area contributed by atoms with Gasteiger partial charge in [0.1, 0.15) is 5.41 Å². The van der Waals surface area contributed by atoms with Crippen LogP contribution in [0.5, 0.6) is 0 Å². The van der Waals surface area contributed by atoms with Crippen molar-refractivity contribution in [3.05, 3.63) is 34.4 Å². The topological polar surface area (TPSA) is 54.4 Å². The van der Waals surface area contributed by atoms with E-state index in [-0.39, 0.29) is 5.78 Å². The summed E-state index contributed by atoms with van der Waals surface area (Å²) in [7, 11) is 0. The average Bonchev–Trinajstić information content (AvgIpc) is 2.20. The van der Waals surface area contributed by atoms with Crippen molar-refractivity contribution in [3.8, 4) is 0 Å². The number of rotatable bonds is 3. The van der Waals surface area contributed by atoms with Crippen molar-refractivity contribution in [2.45, 2.75) is 40.0 Å². The molecule has 0 bridgehead atoms. The van der Waals surface area contributed by atoms with Crippen molar-refractivity contribution in [1.29, 1.82) is 0 Å². The molecule has 0 aliphatic heterocycles. The van der Waals surface area contributed by atoms with Gasteiger partial charge in [0.05, 0.1) is 0 Å². The van der Waals surface area contributed by atoms with E-state index >= 15 is 0 Å². The summed E-state index contributed by atoms with van der Waals surface area (Å²) in [4.78, 5) is 23.9. The lowest BCUT2D eigenvalue weighted by Gasteiger charge is -2.36. The zero-order valence-electron chi connectivity index (χ0n) is 11.0. The number of benzene rings is 1. The van der Waals surface area contributed by atoms with Gasteiger partial charge in [-0.3, -0.25) is 9.59 Å². The second kappa shape index (κ2) is 4.23. The standard InChI is InChI=1S/C15H18O3/c1-9-7-11(3)12(8-10(9)2)13(16)15(14(17)18)5-4-6-15/h7-8H,4-6H2,1-3H3,(H,17,18). The highest BCUT2D eigenvalue weighted by atomic mass is 16.4. The van der Waals surface area contributed by atoms with Gasteiger partial charge < -0.3 is 5.11 Å². The van der Waals surface area contributed by atoms with Gasteiger partial charge in [0.15, 0.2) is 5.78 Å². The Balaban J connectivity index is 2.46. The lowest BCUT2D eigenvalue weighted by atomic mass is 9.64. The number of carboxylic acids is 1. The Hall–Kier alpha value is -1.64. The van der Waals surface area contributed by atoms with E-state index in [1.54, 1.807) is 0 Å². The largest absolute Gasteiger partial charge is 0.480 e. The summed E-state index contributed by atoms with van der Waals surface area (Å²) in [6.45, 7) is 5.81. The van der Waals surface area contributed by atoms with Crippen LogP contribution in [0.4, 0.5) is 0 Å². The van der Waals surface area contributed by atoms with E-state index in [2.05, 4.69) is 0 Å². The Morgan fingerprint density at radius 2 is 1.61 bits per heavy atom. The Morgan fingerprint density at radius 3 is 2.06 bits per heavy atom. The number of ketones is 1. The van der Waals surface area contributed by atoms with E-state index in [0.717, 1.165) is 23.1 Å². The maximum absolute atomic E-state index is 12.5. The van der Waals surface area contributed by atoms with Crippen LogP contribution in [0.15, 0.2) is 12.1 Å². The van der Waals surface area contributed by atoms with Gasteiger partial charge in [-0.15, -0.1) is 0 Å². The summed E-state index contributed by atoms with van der Waals surface area (Å²) in [5.74, 6) is -1.20. The highest BCUT2D eigenvalue weighted by Crippen LogP contribution is 2.44. The van der Waals surface area contributed by atoms with E-state index in [4.69, 9.17) is 0 Å². The number of hydrogen-bond acceptors (Lipinski definition) is 2. The summed E-state index contributed by atoms with van der Waals surface area (Å²) in [6.07, 6.45) is 1.75. The number of Topliss-reactive ketones (excluding diaryl/α,β-unsaturated/α-hetero) is 1. The van der Waals surface area contributed by atoms with Crippen LogP contribution >= 0.6 is 0 Å². The molecule has 1 aliphatic rings.